The summed E-state index contributed by atoms with van der Waals surface area (Å²) < 4.78 is 71.1. The summed E-state index contributed by atoms with van der Waals surface area (Å²) in [5.41, 5.74) is 0.724. The van der Waals surface area contributed by atoms with Crippen molar-refractivity contribution in [3.05, 3.63) is 12.1 Å². The van der Waals surface area contributed by atoms with Crippen LogP contribution in [0.25, 0.3) is 11.0 Å². The highest BCUT2D eigenvalue weighted by Gasteiger charge is 2.38. The van der Waals surface area contributed by atoms with Gasteiger partial charge in [0.15, 0.2) is 11.5 Å². The molecule has 1 aliphatic rings. The predicted molar refractivity (Wildman–Crippen MR) is 126 cm³/mol. The quantitative estimate of drug-likeness (QED) is 0.395. The number of aliphatic carboxylic acids is 2. The molecule has 2 aromatic heterocycles. The first-order chi connectivity index (χ1) is 18.0. The van der Waals surface area contributed by atoms with Gasteiger partial charge in [-0.2, -0.15) is 36.4 Å². The Morgan fingerprint density at radius 3 is 1.92 bits per heavy atom. The molecule has 2 heterocycles. The van der Waals surface area contributed by atoms with E-state index in [0.717, 1.165) is 49.6 Å². The fourth-order valence-electron chi connectivity index (χ4n) is 3.48. The smallest absolute Gasteiger partial charge is 0.475 e. The zero-order valence-electron chi connectivity index (χ0n) is 21.4. The van der Waals surface area contributed by atoms with Crippen molar-refractivity contribution in [1.82, 2.24) is 14.8 Å². The van der Waals surface area contributed by atoms with E-state index in [1.165, 1.54) is 6.42 Å². The van der Waals surface area contributed by atoms with Crippen LogP contribution in [0.5, 0.6) is 5.88 Å². The Morgan fingerprint density at radius 2 is 1.49 bits per heavy atom. The summed E-state index contributed by atoms with van der Waals surface area (Å²) in [7, 11) is 1.84. The molecule has 0 spiro atoms. The van der Waals surface area contributed by atoms with Gasteiger partial charge in [-0.1, -0.05) is 33.1 Å². The molecule has 10 nitrogen and oxygen atoms in total. The number of aromatic nitrogens is 3. The molecule has 3 rings (SSSR count). The summed E-state index contributed by atoms with van der Waals surface area (Å²) in [6.07, 6.45) is -2.64. The van der Waals surface area contributed by atoms with Crippen LogP contribution in [0.2, 0.25) is 0 Å². The van der Waals surface area contributed by atoms with Gasteiger partial charge in [-0.25, -0.2) is 14.3 Å². The third-order valence-corrected chi connectivity index (χ3v) is 5.56. The van der Waals surface area contributed by atoms with Crippen LogP contribution in [0.3, 0.4) is 0 Å². The monoisotopic (exact) mass is 572 g/mol. The normalized spacial score (nSPS) is 14.1. The first kappa shape index (κ1) is 33.4. The molecule has 220 valence electrons. The molecule has 0 saturated heterocycles. The number of nitrogens with zero attached hydrogens (tertiary/aromatic N) is 3. The van der Waals surface area contributed by atoms with Crippen molar-refractivity contribution < 1.29 is 55.7 Å². The number of rotatable bonds is 6. The molecule has 0 aliphatic heterocycles. The highest BCUT2D eigenvalue weighted by atomic mass is 19.4. The topological polar surface area (TPSA) is 144 Å². The fraction of sp³-hybridized carbons (Fsp3) is 0.609. The van der Waals surface area contributed by atoms with E-state index in [1.807, 2.05) is 19.2 Å². The molecular formula is C23H30F6N4O6. The minimum atomic E-state index is -5.08. The highest BCUT2D eigenvalue weighted by Crippen LogP contribution is 2.28. The Labute approximate surface area is 219 Å². The van der Waals surface area contributed by atoms with Crippen LogP contribution in [-0.2, 0) is 21.4 Å². The van der Waals surface area contributed by atoms with Gasteiger partial charge in [0.2, 0.25) is 11.8 Å². The van der Waals surface area contributed by atoms with Gasteiger partial charge in [0.1, 0.15) is 0 Å². The van der Waals surface area contributed by atoms with E-state index in [-0.39, 0.29) is 17.9 Å². The molecule has 39 heavy (non-hydrogen) atoms. The number of carbonyl (C=O) groups excluding carboxylic acids is 1. The number of anilines is 1. The number of hydrogen-bond acceptors (Lipinski definition) is 6. The molecule has 1 fully saturated rings. The lowest BCUT2D eigenvalue weighted by Gasteiger charge is -2.20. The molecule has 0 bridgehead atoms. The Kier molecular flexibility index (Phi) is 12.5. The molecule has 0 aromatic carbocycles. The SMILES string of the molecule is CCC(CC)Oc1ccc2c(NC(=O)C3CCCCC3)nn(C)c2n1.O=C(O)C(F)(F)F.O=C(O)C(F)(F)F. The lowest BCUT2D eigenvalue weighted by Crippen LogP contribution is -2.25. The number of amides is 1. The average Bonchev–Trinajstić information content (AvgIpc) is 3.16. The molecule has 16 heteroatoms. The van der Waals surface area contributed by atoms with Crippen molar-refractivity contribution in [1.29, 1.82) is 0 Å². The van der Waals surface area contributed by atoms with Crippen LogP contribution in [0.1, 0.15) is 58.8 Å². The zero-order chi connectivity index (χ0) is 30.0. The minimum Gasteiger partial charge on any atom is -0.475 e. The zero-order valence-corrected chi connectivity index (χ0v) is 21.4. The summed E-state index contributed by atoms with van der Waals surface area (Å²) >= 11 is 0. The molecule has 1 saturated carbocycles. The third kappa shape index (κ3) is 11.0. The maximum atomic E-state index is 12.5. The molecule has 3 N–H and O–H groups in total. The Balaban J connectivity index is 0.000000449. The Hall–Kier alpha value is -3.59. The van der Waals surface area contributed by atoms with Gasteiger partial charge in [0.25, 0.3) is 0 Å². The first-order valence-electron chi connectivity index (χ1n) is 11.9. The number of halogens is 6. The van der Waals surface area contributed by atoms with Gasteiger partial charge in [-0.15, -0.1) is 0 Å². The largest absolute Gasteiger partial charge is 0.490 e. The van der Waals surface area contributed by atoms with Crippen molar-refractivity contribution >= 4 is 34.7 Å². The molecule has 0 unspecified atom stereocenters. The third-order valence-electron chi connectivity index (χ3n) is 5.56. The average molecular weight is 573 g/mol. The summed E-state index contributed by atoms with van der Waals surface area (Å²) in [5.74, 6) is -4.13. The fourth-order valence-corrected chi connectivity index (χ4v) is 3.48. The van der Waals surface area contributed by atoms with Crippen molar-refractivity contribution in [2.75, 3.05) is 5.32 Å². The molecule has 0 radical (unpaired) electrons. The van der Waals surface area contributed by atoms with Gasteiger partial charge in [0.05, 0.1) is 11.5 Å². The van der Waals surface area contributed by atoms with E-state index in [2.05, 4.69) is 29.2 Å². The van der Waals surface area contributed by atoms with Crippen LogP contribution >= 0.6 is 0 Å². The molecular weight excluding hydrogens is 542 g/mol. The van der Waals surface area contributed by atoms with Gasteiger partial charge in [0, 0.05) is 19.0 Å². The standard InChI is InChI=1S/C19H28N4O2.2C2HF3O2/c1-4-14(5-2)25-16-12-11-15-17(22-23(3)18(15)20-16)21-19(24)13-9-7-6-8-10-13;2*3-2(4,5)1(6)7/h11-14H,4-10H2,1-3H3,(H,21,22,24);2*(H,6,7). The van der Waals surface area contributed by atoms with Gasteiger partial charge in [-0.05, 0) is 31.7 Å². The lowest BCUT2D eigenvalue weighted by atomic mass is 9.89. The van der Waals surface area contributed by atoms with Crippen LogP contribution in [0, 0.1) is 5.92 Å². The van der Waals surface area contributed by atoms with Gasteiger partial charge >= 0.3 is 24.3 Å². The second-order valence-corrected chi connectivity index (χ2v) is 8.48. The number of nitrogens with one attached hydrogen (secondary N) is 1. The van der Waals surface area contributed by atoms with Crippen LogP contribution in [0.15, 0.2) is 12.1 Å². The van der Waals surface area contributed by atoms with E-state index in [1.54, 1.807) is 4.68 Å². The predicted octanol–water partition coefficient (Wildman–Crippen LogP) is 5.32. The van der Waals surface area contributed by atoms with Crippen LogP contribution in [0.4, 0.5) is 32.2 Å². The van der Waals surface area contributed by atoms with E-state index in [9.17, 15) is 31.1 Å². The Bertz CT molecular complexity index is 1080. The number of carboxylic acid groups (broad SMARTS) is 2. The number of ether oxygens (including phenoxy) is 1. The van der Waals surface area contributed by atoms with Crippen LogP contribution < -0.4 is 10.1 Å². The maximum Gasteiger partial charge on any atom is 0.490 e. The van der Waals surface area contributed by atoms with E-state index in [0.29, 0.717) is 11.7 Å². The second-order valence-electron chi connectivity index (χ2n) is 8.48. The van der Waals surface area contributed by atoms with Crippen LogP contribution in [-0.4, -0.2) is 61.3 Å². The van der Waals surface area contributed by atoms with Crippen molar-refractivity contribution in [3.63, 3.8) is 0 Å². The number of fused-ring (bicyclic) bond motifs is 1. The molecule has 1 amide bonds. The summed E-state index contributed by atoms with van der Waals surface area (Å²) in [6.45, 7) is 4.21. The van der Waals surface area contributed by atoms with E-state index < -0.39 is 24.3 Å². The number of alkyl halides is 6. The molecule has 2 aromatic rings. The van der Waals surface area contributed by atoms with Gasteiger partial charge < -0.3 is 20.3 Å². The highest BCUT2D eigenvalue weighted by molar-refractivity contribution is 5.99. The van der Waals surface area contributed by atoms with E-state index >= 15 is 0 Å². The number of pyridine rings is 1. The van der Waals surface area contributed by atoms with Crippen molar-refractivity contribution in [2.45, 2.75) is 77.2 Å². The summed E-state index contributed by atoms with van der Waals surface area (Å²) in [4.78, 5) is 34.9. The number of hydrogen-bond donors (Lipinski definition) is 3. The summed E-state index contributed by atoms with van der Waals surface area (Å²) in [5, 5.41) is 22.6. The van der Waals surface area contributed by atoms with Gasteiger partial charge in [-0.3, -0.25) is 4.79 Å². The number of carbonyl (C=O) groups is 3. The number of carboxylic acids is 2. The maximum absolute atomic E-state index is 12.5. The van der Waals surface area contributed by atoms with Crippen molar-refractivity contribution in [3.8, 4) is 5.88 Å². The Morgan fingerprint density at radius 1 is 1.00 bits per heavy atom. The first-order valence-corrected chi connectivity index (χ1v) is 11.9. The summed E-state index contributed by atoms with van der Waals surface area (Å²) in [6, 6.07) is 3.79. The molecule has 0 atom stereocenters. The second kappa shape index (κ2) is 14.5. The number of aryl methyl sites for hydroxylation is 1. The lowest BCUT2D eigenvalue weighted by molar-refractivity contribution is -0.193. The molecule has 1 aliphatic carbocycles. The van der Waals surface area contributed by atoms with Crippen molar-refractivity contribution in [2.24, 2.45) is 13.0 Å². The minimum absolute atomic E-state index is 0.0806. The van der Waals surface area contributed by atoms with E-state index in [4.69, 9.17) is 24.5 Å².